The molecule has 0 radical (unpaired) electrons. The summed E-state index contributed by atoms with van der Waals surface area (Å²) in [5, 5.41) is 4.09. The molecule has 0 fully saturated rings. The standard InChI is InChI=1S/C25H30N6O3/c1-17-13-30(24(32)34-25(3,4)5)11-10-21(17)19-6-7-20(27-12-19)14-33-22-8-9-23(29-18(22)2)31-16-26-15-28-31/h6-10,12,15-17H,11,13-14H2,1-5H3. The molecule has 0 aromatic carbocycles. The second kappa shape index (κ2) is 9.62. The van der Waals surface area contributed by atoms with Gasteiger partial charge in [0.15, 0.2) is 5.82 Å². The first-order valence-electron chi connectivity index (χ1n) is 11.3. The lowest BCUT2D eigenvalue weighted by atomic mass is 9.91. The minimum atomic E-state index is -0.500. The van der Waals surface area contributed by atoms with Crippen LogP contribution in [-0.4, -0.2) is 54.4 Å². The average molecular weight is 463 g/mol. The van der Waals surface area contributed by atoms with Crippen LogP contribution in [0.4, 0.5) is 4.79 Å². The highest BCUT2D eigenvalue weighted by atomic mass is 16.6. The van der Waals surface area contributed by atoms with Crippen LogP contribution in [0.2, 0.25) is 0 Å². The molecule has 9 nitrogen and oxygen atoms in total. The molecule has 0 N–H and O–H groups in total. The van der Waals surface area contributed by atoms with E-state index >= 15 is 0 Å². The summed E-state index contributed by atoms with van der Waals surface area (Å²) in [5.41, 5.74) is 3.32. The second-order valence-electron chi connectivity index (χ2n) is 9.37. The Kier molecular flexibility index (Phi) is 6.63. The first-order chi connectivity index (χ1) is 16.2. The van der Waals surface area contributed by atoms with E-state index in [1.165, 1.54) is 11.9 Å². The van der Waals surface area contributed by atoms with Gasteiger partial charge in [0.05, 0.1) is 11.4 Å². The van der Waals surface area contributed by atoms with Crippen LogP contribution in [-0.2, 0) is 11.3 Å². The zero-order valence-corrected chi connectivity index (χ0v) is 20.2. The Morgan fingerprint density at radius 3 is 2.65 bits per heavy atom. The highest BCUT2D eigenvalue weighted by molar-refractivity contribution is 5.73. The molecule has 4 rings (SSSR count). The first-order valence-corrected chi connectivity index (χ1v) is 11.3. The maximum atomic E-state index is 12.4. The highest BCUT2D eigenvalue weighted by Crippen LogP contribution is 2.28. The number of carbonyl (C=O) groups is 1. The Bertz CT molecular complexity index is 1170. The number of pyridine rings is 2. The van der Waals surface area contributed by atoms with Crippen LogP contribution in [0.3, 0.4) is 0 Å². The van der Waals surface area contributed by atoms with Crippen LogP contribution in [0.5, 0.6) is 5.75 Å². The largest absolute Gasteiger partial charge is 0.485 e. The summed E-state index contributed by atoms with van der Waals surface area (Å²) < 4.78 is 13.0. The predicted octanol–water partition coefficient (Wildman–Crippen LogP) is 4.21. The molecule has 0 bridgehead atoms. The summed E-state index contributed by atoms with van der Waals surface area (Å²) in [4.78, 5) is 27.2. The number of nitrogens with zero attached hydrogens (tertiary/aromatic N) is 6. The van der Waals surface area contributed by atoms with Gasteiger partial charge in [-0.2, -0.15) is 5.10 Å². The third-order valence-corrected chi connectivity index (χ3v) is 5.42. The van der Waals surface area contributed by atoms with Crippen LogP contribution >= 0.6 is 0 Å². The molecule has 1 unspecified atom stereocenters. The average Bonchev–Trinajstić information content (AvgIpc) is 3.32. The summed E-state index contributed by atoms with van der Waals surface area (Å²) in [6.45, 7) is 11.1. The number of ether oxygens (including phenoxy) is 2. The molecule has 1 aliphatic rings. The van der Waals surface area contributed by atoms with Crippen molar-refractivity contribution in [2.24, 2.45) is 5.92 Å². The molecular weight excluding hydrogens is 432 g/mol. The van der Waals surface area contributed by atoms with Crippen molar-refractivity contribution in [1.29, 1.82) is 0 Å². The lowest BCUT2D eigenvalue weighted by molar-refractivity contribution is 0.0251. The fourth-order valence-electron chi connectivity index (χ4n) is 3.77. The Morgan fingerprint density at radius 2 is 2.03 bits per heavy atom. The molecule has 34 heavy (non-hydrogen) atoms. The minimum absolute atomic E-state index is 0.183. The number of aromatic nitrogens is 5. The van der Waals surface area contributed by atoms with E-state index in [0.717, 1.165) is 17.0 Å². The van der Waals surface area contributed by atoms with Gasteiger partial charge in [-0.3, -0.25) is 4.98 Å². The van der Waals surface area contributed by atoms with Crippen LogP contribution in [0.25, 0.3) is 11.4 Å². The highest BCUT2D eigenvalue weighted by Gasteiger charge is 2.27. The fourth-order valence-corrected chi connectivity index (χ4v) is 3.77. The van der Waals surface area contributed by atoms with E-state index in [1.807, 2.05) is 52.1 Å². The normalized spacial score (nSPS) is 16.2. The van der Waals surface area contributed by atoms with Crippen molar-refractivity contribution < 1.29 is 14.3 Å². The fraction of sp³-hybridized carbons (Fsp3) is 0.400. The summed E-state index contributed by atoms with van der Waals surface area (Å²) in [6.07, 6.45) is 6.74. The van der Waals surface area contributed by atoms with Crippen molar-refractivity contribution >= 4 is 11.7 Å². The van der Waals surface area contributed by atoms with E-state index in [1.54, 1.807) is 15.9 Å². The van der Waals surface area contributed by atoms with E-state index in [2.05, 4.69) is 39.1 Å². The summed E-state index contributed by atoms with van der Waals surface area (Å²) >= 11 is 0. The summed E-state index contributed by atoms with van der Waals surface area (Å²) in [6, 6.07) is 7.73. The smallest absolute Gasteiger partial charge is 0.410 e. The van der Waals surface area contributed by atoms with Gasteiger partial charge in [-0.1, -0.05) is 19.1 Å². The topological polar surface area (TPSA) is 95.3 Å². The van der Waals surface area contributed by atoms with Crippen LogP contribution in [0.1, 0.15) is 44.6 Å². The number of hydrogen-bond acceptors (Lipinski definition) is 7. The van der Waals surface area contributed by atoms with Crippen molar-refractivity contribution in [2.45, 2.75) is 46.8 Å². The Labute approximate surface area is 199 Å². The SMILES string of the molecule is Cc1nc(-n2cncn2)ccc1OCc1ccc(C2=CCN(C(=O)OC(C)(C)C)CC2C)cn1. The Morgan fingerprint density at radius 1 is 1.21 bits per heavy atom. The van der Waals surface area contributed by atoms with Gasteiger partial charge in [-0.25, -0.2) is 19.4 Å². The van der Waals surface area contributed by atoms with Crippen molar-refractivity contribution in [3.8, 4) is 11.6 Å². The summed E-state index contributed by atoms with van der Waals surface area (Å²) in [5.74, 6) is 1.56. The molecule has 0 saturated heterocycles. The molecule has 9 heteroatoms. The van der Waals surface area contributed by atoms with Gasteiger partial charge in [0.2, 0.25) is 0 Å². The minimum Gasteiger partial charge on any atom is -0.485 e. The maximum absolute atomic E-state index is 12.4. The van der Waals surface area contributed by atoms with Gasteiger partial charge in [-0.05, 0) is 62.9 Å². The van der Waals surface area contributed by atoms with Crippen molar-refractivity contribution in [3.63, 3.8) is 0 Å². The molecular formula is C25H30N6O3. The zero-order valence-electron chi connectivity index (χ0n) is 20.2. The molecule has 0 spiro atoms. The molecule has 3 aromatic rings. The third kappa shape index (κ3) is 5.59. The monoisotopic (exact) mass is 462 g/mol. The van der Waals surface area contributed by atoms with E-state index in [-0.39, 0.29) is 12.0 Å². The second-order valence-corrected chi connectivity index (χ2v) is 9.37. The van der Waals surface area contributed by atoms with Gasteiger partial charge in [0.25, 0.3) is 0 Å². The zero-order chi connectivity index (χ0) is 24.3. The molecule has 0 aliphatic carbocycles. The summed E-state index contributed by atoms with van der Waals surface area (Å²) in [7, 11) is 0. The van der Waals surface area contributed by atoms with Crippen molar-refractivity contribution in [1.82, 2.24) is 29.6 Å². The van der Waals surface area contributed by atoms with Gasteiger partial charge in [0.1, 0.15) is 30.6 Å². The van der Waals surface area contributed by atoms with Gasteiger partial charge < -0.3 is 14.4 Å². The third-order valence-electron chi connectivity index (χ3n) is 5.42. The number of rotatable bonds is 5. The molecule has 1 amide bonds. The van der Waals surface area contributed by atoms with Gasteiger partial charge >= 0.3 is 6.09 Å². The van der Waals surface area contributed by atoms with Crippen molar-refractivity contribution in [3.05, 3.63) is 66.1 Å². The van der Waals surface area contributed by atoms with Crippen LogP contribution in [0, 0.1) is 12.8 Å². The molecule has 3 aromatic heterocycles. The number of carbonyl (C=O) groups excluding carboxylic acids is 1. The predicted molar refractivity (Wildman–Crippen MR) is 127 cm³/mol. The molecule has 4 heterocycles. The lowest BCUT2D eigenvalue weighted by Gasteiger charge is -2.33. The van der Waals surface area contributed by atoms with E-state index in [0.29, 0.717) is 31.3 Å². The number of amides is 1. The van der Waals surface area contributed by atoms with Crippen LogP contribution < -0.4 is 4.74 Å². The van der Waals surface area contributed by atoms with Crippen LogP contribution in [0.15, 0.2) is 49.2 Å². The van der Waals surface area contributed by atoms with Crippen molar-refractivity contribution in [2.75, 3.05) is 13.1 Å². The quantitative estimate of drug-likeness (QED) is 0.560. The number of aryl methyl sites for hydroxylation is 1. The number of hydrogen-bond donors (Lipinski definition) is 0. The Balaban J connectivity index is 1.37. The lowest BCUT2D eigenvalue weighted by Crippen LogP contribution is -2.41. The van der Waals surface area contributed by atoms with Gasteiger partial charge in [0, 0.05) is 19.3 Å². The van der Waals surface area contributed by atoms with Gasteiger partial charge in [-0.15, -0.1) is 0 Å². The van der Waals surface area contributed by atoms with E-state index in [9.17, 15) is 4.79 Å². The Hall–Kier alpha value is -3.75. The first kappa shape index (κ1) is 23.4. The molecule has 0 saturated carbocycles. The maximum Gasteiger partial charge on any atom is 0.410 e. The molecule has 1 aliphatic heterocycles. The van der Waals surface area contributed by atoms with E-state index in [4.69, 9.17) is 9.47 Å². The molecule has 1 atom stereocenters. The van der Waals surface area contributed by atoms with E-state index < -0.39 is 5.60 Å². The molecule has 178 valence electrons.